The molecule has 0 atom stereocenters. The highest BCUT2D eigenvalue weighted by atomic mass is 16.5. The molecule has 1 aromatic carbocycles. The molecule has 0 amide bonds. The van der Waals surface area contributed by atoms with Crippen LogP contribution >= 0.6 is 0 Å². The van der Waals surface area contributed by atoms with Gasteiger partial charge in [-0.15, -0.1) is 0 Å². The fraction of sp³-hybridized carbons (Fsp3) is 0.412. The van der Waals surface area contributed by atoms with Gasteiger partial charge in [0.05, 0.1) is 11.8 Å². The molecule has 0 radical (unpaired) electrons. The molecule has 4 heteroatoms. The van der Waals surface area contributed by atoms with E-state index in [9.17, 15) is 0 Å². The van der Waals surface area contributed by atoms with E-state index in [0.29, 0.717) is 5.82 Å². The van der Waals surface area contributed by atoms with Gasteiger partial charge in [-0.1, -0.05) is 19.1 Å². The van der Waals surface area contributed by atoms with Crippen LogP contribution in [0, 0.1) is 6.92 Å². The fourth-order valence-corrected chi connectivity index (χ4v) is 2.20. The Bertz CT molecular complexity index is 623. The largest absolute Gasteiger partial charge is 0.490 e. The molecule has 0 bridgehead atoms. The van der Waals surface area contributed by atoms with Crippen LogP contribution in [0.15, 0.2) is 24.3 Å². The second kappa shape index (κ2) is 6.57. The van der Waals surface area contributed by atoms with Crippen LogP contribution in [0.2, 0.25) is 0 Å². The van der Waals surface area contributed by atoms with Gasteiger partial charge in [-0.25, -0.2) is 9.97 Å². The van der Waals surface area contributed by atoms with E-state index in [0.717, 1.165) is 41.2 Å². The van der Waals surface area contributed by atoms with Gasteiger partial charge in [0.15, 0.2) is 0 Å². The molecule has 0 aliphatic rings. The van der Waals surface area contributed by atoms with Crippen molar-refractivity contribution in [1.82, 2.24) is 9.97 Å². The number of nitrogen functional groups attached to an aromatic ring is 1. The van der Waals surface area contributed by atoms with Crippen molar-refractivity contribution in [3.8, 4) is 17.0 Å². The van der Waals surface area contributed by atoms with Gasteiger partial charge in [0, 0.05) is 17.5 Å². The maximum atomic E-state index is 6.05. The van der Waals surface area contributed by atoms with E-state index in [1.54, 1.807) is 0 Å². The zero-order valence-electron chi connectivity index (χ0n) is 13.2. The zero-order chi connectivity index (χ0) is 15.4. The second-order valence-corrected chi connectivity index (χ2v) is 5.41. The lowest BCUT2D eigenvalue weighted by Crippen LogP contribution is -2.08. The van der Waals surface area contributed by atoms with E-state index in [-0.39, 0.29) is 6.10 Å². The monoisotopic (exact) mass is 285 g/mol. The molecule has 4 nitrogen and oxygen atoms in total. The summed E-state index contributed by atoms with van der Waals surface area (Å²) >= 11 is 0. The molecular formula is C17H23N3O. The van der Waals surface area contributed by atoms with E-state index in [2.05, 4.69) is 16.9 Å². The molecule has 1 heterocycles. The van der Waals surface area contributed by atoms with Crippen molar-refractivity contribution in [1.29, 1.82) is 0 Å². The summed E-state index contributed by atoms with van der Waals surface area (Å²) < 4.78 is 5.89. The molecule has 0 unspecified atom stereocenters. The summed E-state index contributed by atoms with van der Waals surface area (Å²) in [4.78, 5) is 9.06. The predicted octanol–water partition coefficient (Wildman–Crippen LogP) is 3.77. The SMILES string of the molecule is CCCc1nc(N)c(C)c(-c2ccccc2OC(C)C)n1. The smallest absolute Gasteiger partial charge is 0.131 e. The van der Waals surface area contributed by atoms with Crippen LogP contribution in [0.5, 0.6) is 5.75 Å². The van der Waals surface area contributed by atoms with Crippen molar-refractivity contribution in [3.05, 3.63) is 35.7 Å². The van der Waals surface area contributed by atoms with Crippen molar-refractivity contribution in [2.75, 3.05) is 5.73 Å². The molecule has 0 aliphatic heterocycles. The Morgan fingerprint density at radius 1 is 1.19 bits per heavy atom. The highest BCUT2D eigenvalue weighted by Gasteiger charge is 2.15. The molecule has 1 aromatic heterocycles. The molecule has 0 spiro atoms. The quantitative estimate of drug-likeness (QED) is 0.908. The summed E-state index contributed by atoms with van der Waals surface area (Å²) in [5.74, 6) is 2.16. The van der Waals surface area contributed by atoms with Gasteiger partial charge in [0.2, 0.25) is 0 Å². The average molecular weight is 285 g/mol. The van der Waals surface area contributed by atoms with Crippen molar-refractivity contribution in [3.63, 3.8) is 0 Å². The molecule has 21 heavy (non-hydrogen) atoms. The van der Waals surface area contributed by atoms with Crippen LogP contribution in [-0.4, -0.2) is 16.1 Å². The summed E-state index contributed by atoms with van der Waals surface area (Å²) in [6.45, 7) is 8.09. The fourth-order valence-electron chi connectivity index (χ4n) is 2.20. The number of aryl methyl sites for hydroxylation is 1. The first-order valence-corrected chi connectivity index (χ1v) is 7.42. The first kappa shape index (κ1) is 15.3. The Balaban J connectivity index is 2.55. The lowest BCUT2D eigenvalue weighted by atomic mass is 10.1. The van der Waals surface area contributed by atoms with E-state index < -0.39 is 0 Å². The van der Waals surface area contributed by atoms with Crippen LogP contribution in [0.4, 0.5) is 5.82 Å². The van der Waals surface area contributed by atoms with E-state index in [1.807, 2.05) is 45.0 Å². The number of hydrogen-bond donors (Lipinski definition) is 1. The van der Waals surface area contributed by atoms with E-state index >= 15 is 0 Å². The van der Waals surface area contributed by atoms with Crippen LogP contribution < -0.4 is 10.5 Å². The molecule has 0 fully saturated rings. The molecular weight excluding hydrogens is 262 g/mol. The van der Waals surface area contributed by atoms with E-state index in [4.69, 9.17) is 10.5 Å². The summed E-state index contributed by atoms with van der Waals surface area (Å²) in [5, 5.41) is 0. The molecule has 0 saturated carbocycles. The highest BCUT2D eigenvalue weighted by molar-refractivity contribution is 5.72. The van der Waals surface area contributed by atoms with Crippen molar-refractivity contribution < 1.29 is 4.74 Å². The number of para-hydroxylation sites is 1. The molecule has 0 saturated heterocycles. The number of aromatic nitrogens is 2. The molecule has 2 N–H and O–H groups in total. The number of nitrogens with two attached hydrogens (primary N) is 1. The third kappa shape index (κ3) is 3.51. The van der Waals surface area contributed by atoms with Crippen LogP contribution in [0.25, 0.3) is 11.3 Å². The topological polar surface area (TPSA) is 61.0 Å². The Morgan fingerprint density at radius 2 is 1.90 bits per heavy atom. The van der Waals surface area contributed by atoms with Gasteiger partial charge < -0.3 is 10.5 Å². The van der Waals surface area contributed by atoms with Crippen LogP contribution in [-0.2, 0) is 6.42 Å². The van der Waals surface area contributed by atoms with Crippen LogP contribution in [0.3, 0.4) is 0 Å². The summed E-state index contributed by atoms with van der Waals surface area (Å²) in [6.07, 6.45) is 1.93. The number of benzene rings is 1. The number of ether oxygens (including phenoxy) is 1. The Labute approximate surface area is 126 Å². The highest BCUT2D eigenvalue weighted by Crippen LogP contribution is 2.32. The van der Waals surface area contributed by atoms with Gasteiger partial charge in [0.1, 0.15) is 17.4 Å². The zero-order valence-corrected chi connectivity index (χ0v) is 13.2. The first-order chi connectivity index (χ1) is 10.0. The lowest BCUT2D eigenvalue weighted by molar-refractivity contribution is 0.243. The normalized spacial score (nSPS) is 10.9. The summed E-state index contributed by atoms with van der Waals surface area (Å²) in [5.41, 5.74) is 8.78. The third-order valence-corrected chi connectivity index (χ3v) is 3.21. The lowest BCUT2D eigenvalue weighted by Gasteiger charge is -2.16. The number of nitrogens with zero attached hydrogens (tertiary/aromatic N) is 2. The Kier molecular flexibility index (Phi) is 4.78. The maximum Gasteiger partial charge on any atom is 0.131 e. The average Bonchev–Trinajstić information content (AvgIpc) is 2.43. The first-order valence-electron chi connectivity index (χ1n) is 7.42. The Morgan fingerprint density at radius 3 is 2.57 bits per heavy atom. The van der Waals surface area contributed by atoms with Crippen LogP contribution in [0.1, 0.15) is 38.6 Å². The van der Waals surface area contributed by atoms with Gasteiger partial charge >= 0.3 is 0 Å². The minimum absolute atomic E-state index is 0.112. The van der Waals surface area contributed by atoms with Gasteiger partial charge in [-0.05, 0) is 39.3 Å². The van der Waals surface area contributed by atoms with Crippen molar-refractivity contribution in [2.24, 2.45) is 0 Å². The standard InChI is InChI=1S/C17H23N3O/c1-5-8-15-19-16(12(4)17(18)20-15)13-9-6-7-10-14(13)21-11(2)3/h6-7,9-11H,5,8H2,1-4H3,(H2,18,19,20). The number of hydrogen-bond acceptors (Lipinski definition) is 4. The van der Waals surface area contributed by atoms with Gasteiger partial charge in [0.25, 0.3) is 0 Å². The molecule has 0 aliphatic carbocycles. The number of rotatable bonds is 5. The predicted molar refractivity (Wildman–Crippen MR) is 86.4 cm³/mol. The summed E-state index contributed by atoms with van der Waals surface area (Å²) in [7, 11) is 0. The van der Waals surface area contributed by atoms with Gasteiger partial charge in [-0.3, -0.25) is 0 Å². The Hall–Kier alpha value is -2.10. The summed E-state index contributed by atoms with van der Waals surface area (Å²) in [6, 6.07) is 7.93. The maximum absolute atomic E-state index is 6.05. The minimum Gasteiger partial charge on any atom is -0.490 e. The minimum atomic E-state index is 0.112. The third-order valence-electron chi connectivity index (χ3n) is 3.21. The van der Waals surface area contributed by atoms with Gasteiger partial charge in [-0.2, -0.15) is 0 Å². The number of anilines is 1. The molecule has 112 valence electrons. The van der Waals surface area contributed by atoms with Crippen molar-refractivity contribution >= 4 is 5.82 Å². The van der Waals surface area contributed by atoms with E-state index in [1.165, 1.54) is 0 Å². The second-order valence-electron chi connectivity index (χ2n) is 5.41. The molecule has 2 aromatic rings. The van der Waals surface area contributed by atoms with Crippen molar-refractivity contribution in [2.45, 2.75) is 46.6 Å². The molecule has 2 rings (SSSR count).